The second-order valence-corrected chi connectivity index (χ2v) is 3.20. The molecule has 0 bridgehead atoms. The molecular weight excluding hydrogens is 194 g/mol. The summed E-state index contributed by atoms with van der Waals surface area (Å²) in [5.41, 5.74) is 0. The molecule has 0 saturated heterocycles. The van der Waals surface area contributed by atoms with Crippen molar-refractivity contribution in [1.29, 1.82) is 0 Å². The predicted molar refractivity (Wildman–Crippen MR) is 56.2 cm³/mol. The summed E-state index contributed by atoms with van der Waals surface area (Å²) in [6.45, 7) is 4.33. The van der Waals surface area contributed by atoms with E-state index in [1.54, 1.807) is 0 Å². The van der Waals surface area contributed by atoms with Gasteiger partial charge in [-0.2, -0.15) is 5.10 Å². The first-order valence-corrected chi connectivity index (χ1v) is 4.89. The molecule has 1 aromatic heterocycles. The van der Waals surface area contributed by atoms with E-state index in [9.17, 15) is 4.79 Å². The van der Waals surface area contributed by atoms with Crippen LogP contribution < -0.4 is 10.6 Å². The number of hydrogen-bond acceptors (Lipinski definition) is 5. The number of anilines is 1. The van der Waals surface area contributed by atoms with Gasteiger partial charge in [0.2, 0.25) is 11.9 Å². The van der Waals surface area contributed by atoms with Crippen molar-refractivity contribution in [3.8, 4) is 0 Å². The van der Waals surface area contributed by atoms with Crippen LogP contribution >= 0.6 is 0 Å². The number of rotatable bonds is 5. The van der Waals surface area contributed by atoms with Gasteiger partial charge in [0.25, 0.3) is 0 Å². The van der Waals surface area contributed by atoms with Crippen LogP contribution in [0.3, 0.4) is 0 Å². The van der Waals surface area contributed by atoms with Gasteiger partial charge in [-0.05, 0) is 13.3 Å². The van der Waals surface area contributed by atoms with E-state index in [0.29, 0.717) is 6.04 Å². The zero-order valence-electron chi connectivity index (χ0n) is 8.90. The third-order valence-corrected chi connectivity index (χ3v) is 1.96. The Balaban J connectivity index is 2.31. The summed E-state index contributed by atoms with van der Waals surface area (Å²) in [6.07, 6.45) is 3.91. The topological polar surface area (TPSA) is 79.8 Å². The molecule has 15 heavy (non-hydrogen) atoms. The number of carbonyl (C=O) groups excluding carboxylic acids is 1. The van der Waals surface area contributed by atoms with E-state index in [-0.39, 0.29) is 18.4 Å². The van der Waals surface area contributed by atoms with Gasteiger partial charge in [-0.1, -0.05) is 6.92 Å². The summed E-state index contributed by atoms with van der Waals surface area (Å²) in [4.78, 5) is 15.2. The Morgan fingerprint density at radius 3 is 2.93 bits per heavy atom. The fourth-order valence-corrected chi connectivity index (χ4v) is 0.885. The average molecular weight is 209 g/mol. The van der Waals surface area contributed by atoms with Crippen LogP contribution in [-0.4, -0.2) is 33.7 Å². The second kappa shape index (κ2) is 6.02. The predicted octanol–water partition coefficient (Wildman–Crippen LogP) is 0.198. The lowest BCUT2D eigenvalue weighted by atomic mass is 10.2. The monoisotopic (exact) mass is 209 g/mol. The quantitative estimate of drug-likeness (QED) is 0.724. The largest absolute Gasteiger partial charge is 0.306 e. The number of amides is 1. The normalized spacial score (nSPS) is 12.1. The number of aromatic nitrogens is 3. The summed E-state index contributed by atoms with van der Waals surface area (Å²) < 4.78 is 0. The Morgan fingerprint density at radius 2 is 2.33 bits per heavy atom. The molecule has 1 atom stereocenters. The first-order valence-electron chi connectivity index (χ1n) is 4.89. The Kier molecular flexibility index (Phi) is 4.62. The molecule has 2 N–H and O–H groups in total. The van der Waals surface area contributed by atoms with E-state index >= 15 is 0 Å². The second-order valence-electron chi connectivity index (χ2n) is 3.20. The summed E-state index contributed by atoms with van der Waals surface area (Å²) in [5.74, 6) is 0.0664. The third-order valence-electron chi connectivity index (χ3n) is 1.96. The molecule has 1 unspecified atom stereocenters. The van der Waals surface area contributed by atoms with Crippen molar-refractivity contribution in [3.05, 3.63) is 12.4 Å². The van der Waals surface area contributed by atoms with Gasteiger partial charge in [-0.15, -0.1) is 5.10 Å². The van der Waals surface area contributed by atoms with E-state index in [2.05, 4.69) is 32.7 Å². The van der Waals surface area contributed by atoms with Gasteiger partial charge in [0.15, 0.2) is 0 Å². The molecule has 1 rings (SSSR count). The fourth-order valence-electron chi connectivity index (χ4n) is 0.885. The molecule has 6 heteroatoms. The third kappa shape index (κ3) is 4.46. The number of hydrogen-bond donors (Lipinski definition) is 2. The van der Waals surface area contributed by atoms with Gasteiger partial charge in [0.05, 0.1) is 18.9 Å². The van der Waals surface area contributed by atoms with Crippen LogP contribution in [-0.2, 0) is 4.79 Å². The van der Waals surface area contributed by atoms with Gasteiger partial charge in [0, 0.05) is 6.04 Å². The minimum atomic E-state index is -0.164. The fraction of sp³-hybridized carbons (Fsp3) is 0.556. The molecule has 0 aliphatic carbocycles. The van der Waals surface area contributed by atoms with Crippen molar-refractivity contribution in [2.45, 2.75) is 26.3 Å². The first-order chi connectivity index (χ1) is 7.22. The van der Waals surface area contributed by atoms with E-state index in [4.69, 9.17) is 0 Å². The maximum atomic E-state index is 11.4. The number of carbonyl (C=O) groups is 1. The van der Waals surface area contributed by atoms with E-state index < -0.39 is 0 Å². The zero-order valence-corrected chi connectivity index (χ0v) is 8.90. The maximum absolute atomic E-state index is 11.4. The van der Waals surface area contributed by atoms with Crippen LogP contribution in [0.25, 0.3) is 0 Å². The van der Waals surface area contributed by atoms with Crippen LogP contribution in [0.4, 0.5) is 5.95 Å². The Bertz CT molecular complexity index is 303. The van der Waals surface area contributed by atoms with Gasteiger partial charge in [-0.3, -0.25) is 10.1 Å². The molecule has 6 nitrogen and oxygen atoms in total. The molecule has 0 fully saturated rings. The highest BCUT2D eigenvalue weighted by atomic mass is 16.2. The van der Waals surface area contributed by atoms with Crippen molar-refractivity contribution in [3.63, 3.8) is 0 Å². The summed E-state index contributed by atoms with van der Waals surface area (Å²) in [7, 11) is 0. The summed E-state index contributed by atoms with van der Waals surface area (Å²) in [5, 5.41) is 12.8. The smallest absolute Gasteiger partial charge is 0.249 e. The Labute approximate surface area is 88.5 Å². The molecule has 1 amide bonds. The van der Waals surface area contributed by atoms with Crippen molar-refractivity contribution in [1.82, 2.24) is 20.5 Å². The highest BCUT2D eigenvalue weighted by molar-refractivity contribution is 5.90. The lowest BCUT2D eigenvalue weighted by Crippen LogP contribution is -2.34. The van der Waals surface area contributed by atoms with Crippen LogP contribution in [0, 0.1) is 0 Å². The lowest BCUT2D eigenvalue weighted by Gasteiger charge is -2.10. The zero-order chi connectivity index (χ0) is 11.1. The maximum Gasteiger partial charge on any atom is 0.249 e. The van der Waals surface area contributed by atoms with Gasteiger partial charge in [0.1, 0.15) is 0 Å². The molecule has 0 aromatic carbocycles. The van der Waals surface area contributed by atoms with Gasteiger partial charge < -0.3 is 5.32 Å². The Hall–Kier alpha value is -1.56. The molecule has 82 valence electrons. The minimum absolute atomic E-state index is 0.164. The van der Waals surface area contributed by atoms with E-state index in [1.807, 2.05) is 6.92 Å². The SMILES string of the molecule is CCC(C)NCC(=O)Nc1nccnn1. The summed E-state index contributed by atoms with van der Waals surface area (Å²) in [6, 6.07) is 0.325. The van der Waals surface area contributed by atoms with Crippen molar-refractivity contribution < 1.29 is 4.79 Å². The molecular formula is C9H15N5O. The molecule has 1 heterocycles. The Morgan fingerprint density at radius 1 is 1.53 bits per heavy atom. The van der Waals surface area contributed by atoms with E-state index in [1.165, 1.54) is 12.4 Å². The molecule has 0 spiro atoms. The molecule has 1 aromatic rings. The molecule has 0 radical (unpaired) electrons. The first kappa shape index (κ1) is 11.5. The van der Waals surface area contributed by atoms with Crippen LogP contribution in [0.2, 0.25) is 0 Å². The number of nitrogens with one attached hydrogen (secondary N) is 2. The standard InChI is InChI=1S/C9H15N5O/c1-3-7(2)11-6-8(15)13-9-10-4-5-12-14-9/h4-5,7,11H,3,6H2,1-2H3,(H,10,13,14,15). The van der Waals surface area contributed by atoms with Crippen LogP contribution in [0.15, 0.2) is 12.4 Å². The average Bonchev–Trinajstić information content (AvgIpc) is 2.27. The number of nitrogens with zero attached hydrogens (tertiary/aromatic N) is 3. The molecule has 0 aliphatic heterocycles. The van der Waals surface area contributed by atoms with Crippen LogP contribution in [0.5, 0.6) is 0 Å². The summed E-state index contributed by atoms with van der Waals surface area (Å²) >= 11 is 0. The molecule has 0 saturated carbocycles. The highest BCUT2D eigenvalue weighted by Gasteiger charge is 2.05. The van der Waals surface area contributed by atoms with Crippen molar-refractivity contribution in [2.24, 2.45) is 0 Å². The molecule has 0 aliphatic rings. The minimum Gasteiger partial charge on any atom is -0.306 e. The van der Waals surface area contributed by atoms with Crippen LogP contribution in [0.1, 0.15) is 20.3 Å². The lowest BCUT2D eigenvalue weighted by molar-refractivity contribution is -0.115. The van der Waals surface area contributed by atoms with Gasteiger partial charge in [-0.25, -0.2) is 4.98 Å². The van der Waals surface area contributed by atoms with Gasteiger partial charge >= 0.3 is 0 Å². The van der Waals surface area contributed by atoms with E-state index in [0.717, 1.165) is 6.42 Å². The van der Waals surface area contributed by atoms with Crippen molar-refractivity contribution >= 4 is 11.9 Å². The van der Waals surface area contributed by atoms with Crippen molar-refractivity contribution in [2.75, 3.05) is 11.9 Å². The highest BCUT2D eigenvalue weighted by Crippen LogP contribution is 1.91.